The molecule has 0 saturated carbocycles. The Kier molecular flexibility index (Phi) is 5.99. The van der Waals surface area contributed by atoms with Gasteiger partial charge in [-0.15, -0.1) is 0 Å². The summed E-state index contributed by atoms with van der Waals surface area (Å²) < 4.78 is 28.3. The van der Waals surface area contributed by atoms with Crippen molar-refractivity contribution in [3.8, 4) is 0 Å². The van der Waals surface area contributed by atoms with Gasteiger partial charge in [0.2, 0.25) is 10.0 Å². The van der Waals surface area contributed by atoms with E-state index in [4.69, 9.17) is 0 Å². The van der Waals surface area contributed by atoms with Gasteiger partial charge in [0.1, 0.15) is 0 Å². The number of hydrogen-bond donors (Lipinski definition) is 0. The molecule has 2 aliphatic heterocycles. The van der Waals surface area contributed by atoms with Gasteiger partial charge in [-0.2, -0.15) is 4.31 Å². The van der Waals surface area contributed by atoms with E-state index < -0.39 is 10.0 Å². The molecule has 2 heterocycles. The molecule has 0 aliphatic carbocycles. The standard InChI is InChI=1S/C19H29N3O3S/c1-20(2)19(23)16-8-7-10-18(14-16)26(24,25)22-13-4-3-9-17(22)15-21-11-5-6-12-21/h7-8,10,14,17H,3-6,9,11-13,15H2,1-2H3/t17-/m1/s1. The third-order valence-corrected chi connectivity index (χ3v) is 7.28. The van der Waals surface area contributed by atoms with Crippen LogP contribution in [0.4, 0.5) is 0 Å². The summed E-state index contributed by atoms with van der Waals surface area (Å²) in [5.74, 6) is -0.186. The molecule has 0 spiro atoms. The molecule has 2 fully saturated rings. The first kappa shape index (κ1) is 19.3. The summed E-state index contributed by atoms with van der Waals surface area (Å²) >= 11 is 0. The fourth-order valence-electron chi connectivity index (χ4n) is 3.92. The van der Waals surface area contributed by atoms with Gasteiger partial charge in [-0.05, 0) is 57.0 Å². The molecule has 2 saturated heterocycles. The molecule has 2 aliphatic rings. The number of rotatable bonds is 5. The van der Waals surface area contributed by atoms with E-state index in [1.807, 2.05) is 0 Å². The van der Waals surface area contributed by atoms with E-state index >= 15 is 0 Å². The zero-order valence-electron chi connectivity index (χ0n) is 15.7. The van der Waals surface area contributed by atoms with E-state index in [1.165, 1.54) is 23.8 Å². The Balaban J connectivity index is 1.85. The highest BCUT2D eigenvalue weighted by molar-refractivity contribution is 7.89. The maximum absolute atomic E-state index is 13.3. The Morgan fingerprint density at radius 1 is 1.12 bits per heavy atom. The van der Waals surface area contributed by atoms with Gasteiger partial charge in [0.15, 0.2) is 0 Å². The van der Waals surface area contributed by atoms with Gasteiger partial charge < -0.3 is 9.80 Å². The fourth-order valence-corrected chi connectivity index (χ4v) is 5.65. The van der Waals surface area contributed by atoms with E-state index in [1.54, 1.807) is 36.6 Å². The van der Waals surface area contributed by atoms with Crippen LogP contribution >= 0.6 is 0 Å². The molecule has 0 aromatic heterocycles. The number of carbonyl (C=O) groups is 1. The highest BCUT2D eigenvalue weighted by Gasteiger charge is 2.35. The van der Waals surface area contributed by atoms with Crippen molar-refractivity contribution in [1.82, 2.24) is 14.1 Å². The monoisotopic (exact) mass is 379 g/mol. The maximum Gasteiger partial charge on any atom is 0.253 e. The zero-order chi connectivity index (χ0) is 18.7. The summed E-state index contributed by atoms with van der Waals surface area (Å²) in [6.45, 7) is 3.51. The lowest BCUT2D eigenvalue weighted by Gasteiger charge is -2.36. The first-order valence-electron chi connectivity index (χ1n) is 9.45. The normalized spacial score (nSPS) is 22.5. The van der Waals surface area contributed by atoms with E-state index in [2.05, 4.69) is 4.90 Å². The molecule has 7 heteroatoms. The smallest absolute Gasteiger partial charge is 0.253 e. The van der Waals surface area contributed by atoms with Crippen LogP contribution in [0.3, 0.4) is 0 Å². The minimum Gasteiger partial charge on any atom is -0.345 e. The molecule has 1 amide bonds. The molecule has 0 bridgehead atoms. The Labute approximate surface area is 156 Å². The van der Waals surface area contributed by atoms with Crippen molar-refractivity contribution in [3.05, 3.63) is 29.8 Å². The first-order chi connectivity index (χ1) is 12.4. The predicted molar refractivity (Wildman–Crippen MR) is 102 cm³/mol. The first-order valence-corrected chi connectivity index (χ1v) is 10.9. The molecule has 144 valence electrons. The largest absolute Gasteiger partial charge is 0.345 e. The molecule has 1 atom stereocenters. The van der Waals surface area contributed by atoms with E-state index in [0.717, 1.165) is 38.9 Å². The summed E-state index contributed by atoms with van der Waals surface area (Å²) in [6, 6.07) is 6.46. The molecule has 0 radical (unpaired) electrons. The zero-order valence-corrected chi connectivity index (χ0v) is 16.5. The van der Waals surface area contributed by atoms with Crippen molar-refractivity contribution in [3.63, 3.8) is 0 Å². The third-order valence-electron chi connectivity index (χ3n) is 5.33. The lowest BCUT2D eigenvalue weighted by Crippen LogP contribution is -2.48. The summed E-state index contributed by atoms with van der Waals surface area (Å²) in [5.41, 5.74) is 0.407. The van der Waals surface area contributed by atoms with Crippen LogP contribution in [-0.2, 0) is 10.0 Å². The lowest BCUT2D eigenvalue weighted by molar-refractivity contribution is 0.0827. The molecule has 26 heavy (non-hydrogen) atoms. The summed E-state index contributed by atoms with van der Waals surface area (Å²) in [5, 5.41) is 0. The van der Waals surface area contributed by atoms with Crippen LogP contribution in [-0.4, -0.2) is 74.7 Å². The van der Waals surface area contributed by atoms with Crippen LogP contribution in [0.2, 0.25) is 0 Å². The van der Waals surface area contributed by atoms with Crippen LogP contribution in [0, 0.1) is 0 Å². The number of carbonyl (C=O) groups excluding carboxylic acids is 1. The van der Waals surface area contributed by atoms with E-state index in [0.29, 0.717) is 12.1 Å². The van der Waals surface area contributed by atoms with Crippen molar-refractivity contribution in [2.75, 3.05) is 40.3 Å². The van der Waals surface area contributed by atoms with Crippen LogP contribution in [0.5, 0.6) is 0 Å². The Hall–Kier alpha value is -1.44. The lowest BCUT2D eigenvalue weighted by atomic mass is 10.0. The van der Waals surface area contributed by atoms with Gasteiger partial charge in [-0.25, -0.2) is 8.42 Å². The van der Waals surface area contributed by atoms with Crippen molar-refractivity contribution in [2.24, 2.45) is 0 Å². The highest BCUT2D eigenvalue weighted by Crippen LogP contribution is 2.27. The number of piperidine rings is 1. The molecule has 0 unspecified atom stereocenters. The average Bonchev–Trinajstić information content (AvgIpc) is 3.14. The Morgan fingerprint density at radius 2 is 1.81 bits per heavy atom. The van der Waals surface area contributed by atoms with Crippen molar-refractivity contribution >= 4 is 15.9 Å². The minimum absolute atomic E-state index is 0.0278. The number of likely N-dealkylation sites (tertiary alicyclic amines) is 1. The van der Waals surface area contributed by atoms with E-state index in [-0.39, 0.29) is 16.8 Å². The number of amides is 1. The molecular weight excluding hydrogens is 350 g/mol. The molecule has 6 nitrogen and oxygen atoms in total. The summed E-state index contributed by atoms with van der Waals surface area (Å²) in [4.78, 5) is 16.3. The molecular formula is C19H29N3O3S. The van der Waals surface area contributed by atoms with Crippen LogP contribution in [0.1, 0.15) is 42.5 Å². The van der Waals surface area contributed by atoms with Crippen molar-refractivity contribution < 1.29 is 13.2 Å². The van der Waals surface area contributed by atoms with Crippen molar-refractivity contribution in [1.29, 1.82) is 0 Å². The number of sulfonamides is 1. The molecule has 3 rings (SSSR count). The molecule has 0 N–H and O–H groups in total. The summed E-state index contributed by atoms with van der Waals surface area (Å²) in [6.07, 6.45) is 5.28. The van der Waals surface area contributed by atoms with E-state index in [9.17, 15) is 13.2 Å². The molecule has 1 aromatic rings. The SMILES string of the molecule is CN(C)C(=O)c1cccc(S(=O)(=O)N2CCCC[C@@H]2CN2CCCC2)c1. The number of nitrogens with zero attached hydrogens (tertiary/aromatic N) is 3. The maximum atomic E-state index is 13.3. The Morgan fingerprint density at radius 3 is 2.50 bits per heavy atom. The second-order valence-corrected chi connectivity index (χ2v) is 9.39. The van der Waals surface area contributed by atoms with Gasteiger partial charge in [-0.3, -0.25) is 4.79 Å². The third kappa shape index (κ3) is 4.10. The van der Waals surface area contributed by atoms with Gasteiger partial charge in [-0.1, -0.05) is 12.5 Å². The summed E-state index contributed by atoms with van der Waals surface area (Å²) in [7, 11) is -0.265. The van der Waals surface area contributed by atoms with Gasteiger partial charge in [0.05, 0.1) is 4.90 Å². The molecule has 1 aromatic carbocycles. The van der Waals surface area contributed by atoms with Gasteiger partial charge in [0, 0.05) is 38.8 Å². The average molecular weight is 380 g/mol. The Bertz CT molecular complexity index is 742. The minimum atomic E-state index is -3.60. The number of hydrogen-bond acceptors (Lipinski definition) is 4. The topological polar surface area (TPSA) is 60.9 Å². The number of benzene rings is 1. The highest BCUT2D eigenvalue weighted by atomic mass is 32.2. The van der Waals surface area contributed by atoms with Crippen molar-refractivity contribution in [2.45, 2.75) is 43.0 Å². The fraction of sp³-hybridized carbons (Fsp3) is 0.632. The van der Waals surface area contributed by atoms with Crippen LogP contribution in [0.25, 0.3) is 0 Å². The quantitative estimate of drug-likeness (QED) is 0.785. The second kappa shape index (κ2) is 8.06. The van der Waals surface area contributed by atoms with Crippen LogP contribution < -0.4 is 0 Å². The predicted octanol–water partition coefficient (Wildman–Crippen LogP) is 2.03. The van der Waals surface area contributed by atoms with Gasteiger partial charge in [0.25, 0.3) is 5.91 Å². The van der Waals surface area contributed by atoms with Gasteiger partial charge >= 0.3 is 0 Å². The van der Waals surface area contributed by atoms with Crippen LogP contribution in [0.15, 0.2) is 29.2 Å². The second-order valence-electron chi connectivity index (χ2n) is 7.50.